The summed E-state index contributed by atoms with van der Waals surface area (Å²) in [5.74, 6) is 1.46. The topological polar surface area (TPSA) is 80.4 Å². The summed E-state index contributed by atoms with van der Waals surface area (Å²) in [5, 5.41) is 3.00. The highest BCUT2D eigenvalue weighted by Crippen LogP contribution is 2.43. The first-order valence-electron chi connectivity index (χ1n) is 8.10. The second-order valence-corrected chi connectivity index (χ2v) is 6.10. The number of ether oxygens (including phenoxy) is 2. The Morgan fingerprint density at radius 1 is 1.17 bits per heavy atom. The molecule has 0 spiro atoms. The van der Waals surface area contributed by atoms with E-state index < -0.39 is 0 Å². The predicted octanol–water partition coefficient (Wildman–Crippen LogP) is 2.03. The van der Waals surface area contributed by atoms with E-state index in [1.807, 2.05) is 18.2 Å². The maximum atomic E-state index is 12.5. The van der Waals surface area contributed by atoms with Gasteiger partial charge in [-0.1, -0.05) is 6.07 Å². The minimum atomic E-state index is -0.383. The van der Waals surface area contributed by atoms with E-state index in [2.05, 4.69) is 10.3 Å². The summed E-state index contributed by atoms with van der Waals surface area (Å²) >= 11 is 0. The number of fused-ring (bicyclic) bond motifs is 1. The highest BCUT2D eigenvalue weighted by atomic mass is 16.6. The van der Waals surface area contributed by atoms with Crippen LogP contribution in [0.25, 0.3) is 0 Å². The van der Waals surface area contributed by atoms with Crippen LogP contribution in [0, 0.1) is 5.92 Å². The number of nitrogens with one attached hydrogen (secondary N) is 2. The molecule has 1 aliphatic carbocycles. The van der Waals surface area contributed by atoms with Crippen molar-refractivity contribution < 1.29 is 14.3 Å². The Labute approximate surface area is 138 Å². The molecule has 24 heavy (non-hydrogen) atoms. The van der Waals surface area contributed by atoms with Gasteiger partial charge in [-0.25, -0.2) is 0 Å². The van der Waals surface area contributed by atoms with Crippen LogP contribution in [0.15, 0.2) is 41.3 Å². The molecule has 0 bridgehead atoms. The third-order valence-corrected chi connectivity index (χ3v) is 4.37. The van der Waals surface area contributed by atoms with Gasteiger partial charge < -0.3 is 19.8 Å². The van der Waals surface area contributed by atoms with Gasteiger partial charge in [-0.2, -0.15) is 0 Å². The molecule has 0 saturated heterocycles. The summed E-state index contributed by atoms with van der Waals surface area (Å²) in [7, 11) is 0. The van der Waals surface area contributed by atoms with Gasteiger partial charge in [-0.15, -0.1) is 0 Å². The fourth-order valence-electron chi connectivity index (χ4n) is 2.98. The number of benzene rings is 1. The zero-order chi connectivity index (χ0) is 16.5. The first kappa shape index (κ1) is 14.8. The molecular formula is C18H18N2O4. The van der Waals surface area contributed by atoms with Crippen molar-refractivity contribution in [2.24, 2.45) is 5.92 Å². The molecule has 4 rings (SSSR count). The van der Waals surface area contributed by atoms with E-state index in [4.69, 9.17) is 9.47 Å². The van der Waals surface area contributed by atoms with E-state index in [0.717, 1.165) is 24.2 Å². The van der Waals surface area contributed by atoms with Crippen molar-refractivity contribution in [2.45, 2.75) is 18.9 Å². The van der Waals surface area contributed by atoms with Gasteiger partial charge in [0, 0.05) is 6.20 Å². The predicted molar refractivity (Wildman–Crippen MR) is 87.4 cm³/mol. The van der Waals surface area contributed by atoms with Crippen LogP contribution in [0.3, 0.4) is 0 Å². The molecular weight excluding hydrogens is 308 g/mol. The Morgan fingerprint density at radius 3 is 2.71 bits per heavy atom. The molecule has 1 aromatic carbocycles. The van der Waals surface area contributed by atoms with E-state index in [-0.39, 0.29) is 23.1 Å². The number of hydrogen-bond donors (Lipinski definition) is 2. The normalized spacial score (nSPS) is 17.2. The molecule has 1 amide bonds. The van der Waals surface area contributed by atoms with Crippen LogP contribution >= 0.6 is 0 Å². The fourth-order valence-corrected chi connectivity index (χ4v) is 2.98. The molecule has 1 atom stereocenters. The molecule has 1 aliphatic heterocycles. The number of carbonyl (C=O) groups is 1. The van der Waals surface area contributed by atoms with E-state index in [9.17, 15) is 9.59 Å². The standard InChI is InChI=1S/C18H18N2O4/c21-17-13(2-1-7-19-17)18(22)20-16(11-3-4-11)12-5-6-14-15(10-12)24-9-8-23-14/h1-2,5-7,10-11,16H,3-4,8-9H2,(H,19,21)(H,20,22). The quantitative estimate of drug-likeness (QED) is 0.901. The minimum Gasteiger partial charge on any atom is -0.486 e. The molecule has 1 unspecified atom stereocenters. The summed E-state index contributed by atoms with van der Waals surface area (Å²) in [5.41, 5.74) is 0.717. The molecule has 2 N–H and O–H groups in total. The van der Waals surface area contributed by atoms with Gasteiger partial charge in [-0.3, -0.25) is 9.59 Å². The summed E-state index contributed by atoms with van der Waals surface area (Å²) < 4.78 is 11.2. The van der Waals surface area contributed by atoms with Crippen molar-refractivity contribution in [3.05, 3.63) is 58.0 Å². The number of aromatic amines is 1. The van der Waals surface area contributed by atoms with Gasteiger partial charge in [0.2, 0.25) is 0 Å². The molecule has 6 heteroatoms. The maximum absolute atomic E-state index is 12.5. The van der Waals surface area contributed by atoms with Crippen molar-refractivity contribution in [3.63, 3.8) is 0 Å². The maximum Gasteiger partial charge on any atom is 0.260 e. The lowest BCUT2D eigenvalue weighted by molar-refractivity contribution is 0.0930. The molecule has 0 radical (unpaired) electrons. The molecule has 2 aliphatic rings. The minimum absolute atomic E-state index is 0.126. The van der Waals surface area contributed by atoms with Crippen molar-refractivity contribution in [1.82, 2.24) is 10.3 Å². The Bertz CT molecular complexity index is 826. The summed E-state index contributed by atoms with van der Waals surface area (Å²) in [6, 6.07) is 8.79. The van der Waals surface area contributed by atoms with Gasteiger partial charge in [-0.05, 0) is 48.6 Å². The SMILES string of the molecule is O=C(NC(c1ccc2c(c1)OCCO2)C1CC1)c1ccc[nH]c1=O. The van der Waals surface area contributed by atoms with Crippen LogP contribution in [0.1, 0.15) is 34.8 Å². The van der Waals surface area contributed by atoms with Crippen LogP contribution in [-0.4, -0.2) is 24.1 Å². The molecule has 2 heterocycles. The average molecular weight is 326 g/mol. The van der Waals surface area contributed by atoms with Crippen molar-refractivity contribution in [1.29, 1.82) is 0 Å². The Morgan fingerprint density at radius 2 is 1.96 bits per heavy atom. The van der Waals surface area contributed by atoms with Gasteiger partial charge in [0.15, 0.2) is 11.5 Å². The highest BCUT2D eigenvalue weighted by Gasteiger charge is 2.34. The summed E-state index contributed by atoms with van der Waals surface area (Å²) in [6.45, 7) is 1.07. The lowest BCUT2D eigenvalue weighted by Crippen LogP contribution is -2.33. The Kier molecular flexibility index (Phi) is 3.72. The van der Waals surface area contributed by atoms with Gasteiger partial charge in [0.05, 0.1) is 6.04 Å². The van der Waals surface area contributed by atoms with Crippen molar-refractivity contribution in [2.75, 3.05) is 13.2 Å². The van der Waals surface area contributed by atoms with Gasteiger partial charge in [0.25, 0.3) is 11.5 Å². The number of rotatable bonds is 4. The number of hydrogen-bond acceptors (Lipinski definition) is 4. The molecule has 2 aromatic rings. The number of aromatic nitrogens is 1. The summed E-state index contributed by atoms with van der Waals surface area (Å²) in [6.07, 6.45) is 3.63. The second kappa shape index (κ2) is 6.03. The third-order valence-electron chi connectivity index (χ3n) is 4.37. The van der Waals surface area contributed by atoms with Crippen LogP contribution in [0.4, 0.5) is 0 Å². The zero-order valence-electron chi connectivity index (χ0n) is 13.1. The van der Waals surface area contributed by atoms with Crippen LogP contribution in [-0.2, 0) is 0 Å². The van der Waals surface area contributed by atoms with E-state index in [1.165, 1.54) is 12.3 Å². The first-order chi connectivity index (χ1) is 11.7. The number of amides is 1. The number of carbonyl (C=O) groups excluding carboxylic acids is 1. The number of H-pyrrole nitrogens is 1. The van der Waals surface area contributed by atoms with Crippen LogP contribution in [0.5, 0.6) is 11.5 Å². The third kappa shape index (κ3) is 2.87. The van der Waals surface area contributed by atoms with Gasteiger partial charge in [0.1, 0.15) is 18.8 Å². The van der Waals surface area contributed by atoms with Crippen LogP contribution < -0.4 is 20.3 Å². The largest absolute Gasteiger partial charge is 0.486 e. The lowest BCUT2D eigenvalue weighted by Gasteiger charge is -2.23. The zero-order valence-corrected chi connectivity index (χ0v) is 13.1. The van der Waals surface area contributed by atoms with E-state index in [0.29, 0.717) is 24.9 Å². The average Bonchev–Trinajstić information content (AvgIpc) is 3.44. The number of pyridine rings is 1. The Balaban J connectivity index is 1.60. The van der Waals surface area contributed by atoms with Crippen molar-refractivity contribution >= 4 is 5.91 Å². The van der Waals surface area contributed by atoms with Crippen molar-refractivity contribution in [3.8, 4) is 11.5 Å². The van der Waals surface area contributed by atoms with Gasteiger partial charge >= 0.3 is 0 Å². The molecule has 6 nitrogen and oxygen atoms in total. The molecule has 1 aromatic heterocycles. The van der Waals surface area contributed by atoms with Crippen LogP contribution in [0.2, 0.25) is 0 Å². The fraction of sp³-hybridized carbons (Fsp3) is 0.333. The molecule has 1 saturated carbocycles. The van der Waals surface area contributed by atoms with E-state index >= 15 is 0 Å². The molecule has 124 valence electrons. The Hall–Kier alpha value is -2.76. The lowest BCUT2D eigenvalue weighted by atomic mass is 10.0. The second-order valence-electron chi connectivity index (χ2n) is 6.10. The van der Waals surface area contributed by atoms with E-state index in [1.54, 1.807) is 6.07 Å². The smallest absolute Gasteiger partial charge is 0.260 e. The summed E-state index contributed by atoms with van der Waals surface area (Å²) in [4.78, 5) is 26.8. The monoisotopic (exact) mass is 326 g/mol. The first-order valence-corrected chi connectivity index (χ1v) is 8.10. The molecule has 1 fully saturated rings. The highest BCUT2D eigenvalue weighted by molar-refractivity contribution is 5.94.